The van der Waals surface area contributed by atoms with E-state index in [0.29, 0.717) is 27.4 Å². The number of carboxylic acid groups (broad SMARTS) is 1. The Morgan fingerprint density at radius 1 is 1.24 bits per heavy atom. The molecule has 1 saturated carbocycles. The molecule has 0 bridgehead atoms. The second-order valence-corrected chi connectivity index (χ2v) is 11.5. The molecule has 1 aliphatic heterocycles. The average molecular weight is 542 g/mol. The summed E-state index contributed by atoms with van der Waals surface area (Å²) in [5.74, 6) is -1.68. The molecular formula is C26H28FN5O5S. The summed E-state index contributed by atoms with van der Waals surface area (Å²) in [4.78, 5) is 47.9. The summed E-state index contributed by atoms with van der Waals surface area (Å²) >= 11 is 1.29. The summed E-state index contributed by atoms with van der Waals surface area (Å²) < 4.78 is 21.2. The maximum atomic E-state index is 15.8. The summed E-state index contributed by atoms with van der Waals surface area (Å²) in [6.45, 7) is 4.92. The lowest BCUT2D eigenvalue weighted by atomic mass is 9.90. The van der Waals surface area contributed by atoms with Crippen LogP contribution in [0.3, 0.4) is 0 Å². The second-order valence-electron chi connectivity index (χ2n) is 10.4. The van der Waals surface area contributed by atoms with Crippen molar-refractivity contribution in [1.29, 1.82) is 0 Å². The summed E-state index contributed by atoms with van der Waals surface area (Å²) in [7, 11) is 0. The minimum absolute atomic E-state index is 0.0252. The highest BCUT2D eigenvalue weighted by molar-refractivity contribution is 7.21. The predicted octanol–water partition coefficient (Wildman–Crippen LogP) is 5.38. The molecule has 2 aliphatic rings. The molecule has 38 heavy (non-hydrogen) atoms. The van der Waals surface area contributed by atoms with Crippen LogP contribution in [0, 0.1) is 5.82 Å². The smallest absolute Gasteiger partial charge is 0.414 e. The Kier molecular flexibility index (Phi) is 6.68. The minimum Gasteiger partial charge on any atom is -0.465 e. The first kappa shape index (κ1) is 25.8. The Hall–Kier alpha value is -3.80. The number of aromatic nitrogens is 2. The van der Waals surface area contributed by atoms with Gasteiger partial charge in [0.1, 0.15) is 10.4 Å². The summed E-state index contributed by atoms with van der Waals surface area (Å²) in [6.07, 6.45) is 2.72. The number of halogens is 1. The van der Waals surface area contributed by atoms with Gasteiger partial charge in [0.05, 0.1) is 28.7 Å². The number of anilines is 1. The SMILES string of the molecule is CC(C)(C)OC(=O)N[C@H]1CCCC[C@H]1Nc1nc(-c2cc3cccnc3s2)c2c(c1F)CN(C(=O)O)C2=O. The zero-order valence-corrected chi connectivity index (χ0v) is 22.0. The Bertz CT molecular complexity index is 1400. The number of ether oxygens (including phenoxy) is 1. The molecule has 0 radical (unpaired) electrons. The Labute approximate surface area is 222 Å². The molecule has 3 N–H and O–H groups in total. The number of fused-ring (bicyclic) bond motifs is 2. The molecule has 200 valence electrons. The molecule has 3 aromatic rings. The van der Waals surface area contributed by atoms with Crippen molar-refractivity contribution in [3.63, 3.8) is 0 Å². The van der Waals surface area contributed by atoms with Gasteiger partial charge < -0.3 is 20.5 Å². The number of pyridine rings is 2. The monoisotopic (exact) mass is 541 g/mol. The molecule has 1 fully saturated rings. The van der Waals surface area contributed by atoms with Gasteiger partial charge in [0.25, 0.3) is 5.91 Å². The topological polar surface area (TPSA) is 134 Å². The highest BCUT2D eigenvalue weighted by Gasteiger charge is 2.40. The standard InChI is InChI=1S/C26H28FN5O5S/c1-26(2,3)37-24(34)30-16-9-5-4-8-15(16)29-21-19(27)14-12-32(25(35)36)23(33)18(14)20(31-21)17-11-13-7-6-10-28-22(13)38-17/h6-7,10-11,15-16H,4-5,8-9,12H2,1-3H3,(H,29,31)(H,30,34)(H,35,36)/t15-,16+/m1/s1. The maximum absolute atomic E-state index is 15.8. The van der Waals surface area contributed by atoms with Crippen molar-refractivity contribution in [1.82, 2.24) is 20.2 Å². The molecule has 3 amide bonds. The van der Waals surface area contributed by atoms with Crippen molar-refractivity contribution < 1.29 is 28.6 Å². The molecule has 5 rings (SSSR count). The molecule has 0 aromatic carbocycles. The Morgan fingerprint density at radius 3 is 2.66 bits per heavy atom. The van der Waals surface area contributed by atoms with Gasteiger partial charge in [-0.25, -0.2) is 28.8 Å². The maximum Gasteiger partial charge on any atom is 0.414 e. The van der Waals surface area contributed by atoms with Crippen LogP contribution in [0.1, 0.15) is 62.4 Å². The van der Waals surface area contributed by atoms with Gasteiger partial charge in [-0.15, -0.1) is 11.3 Å². The third-order valence-electron chi connectivity index (χ3n) is 6.56. The van der Waals surface area contributed by atoms with E-state index in [4.69, 9.17) is 4.74 Å². The fraction of sp³-hybridized carbons (Fsp3) is 0.423. The zero-order valence-electron chi connectivity index (χ0n) is 21.2. The normalized spacial score (nSPS) is 19.4. The van der Waals surface area contributed by atoms with E-state index in [1.165, 1.54) is 11.3 Å². The molecule has 0 saturated heterocycles. The molecule has 2 atom stereocenters. The largest absolute Gasteiger partial charge is 0.465 e. The number of hydrogen-bond donors (Lipinski definition) is 3. The van der Waals surface area contributed by atoms with Gasteiger partial charge in [-0.3, -0.25) is 4.79 Å². The number of thiophene rings is 1. The number of nitrogens with zero attached hydrogens (tertiary/aromatic N) is 3. The van der Waals surface area contributed by atoms with Gasteiger partial charge in [-0.2, -0.15) is 0 Å². The van der Waals surface area contributed by atoms with Crippen LogP contribution in [0.5, 0.6) is 0 Å². The van der Waals surface area contributed by atoms with Crippen LogP contribution in [0.2, 0.25) is 0 Å². The number of carbonyl (C=O) groups excluding carboxylic acids is 2. The van der Waals surface area contributed by atoms with Crippen LogP contribution in [-0.2, 0) is 11.3 Å². The lowest BCUT2D eigenvalue weighted by Gasteiger charge is -2.34. The first-order valence-corrected chi connectivity index (χ1v) is 13.2. The Morgan fingerprint density at radius 2 is 1.97 bits per heavy atom. The average Bonchev–Trinajstić information content (AvgIpc) is 3.43. The zero-order chi connectivity index (χ0) is 27.2. The predicted molar refractivity (Wildman–Crippen MR) is 140 cm³/mol. The van der Waals surface area contributed by atoms with Gasteiger partial charge >= 0.3 is 12.2 Å². The molecular weight excluding hydrogens is 513 g/mol. The third kappa shape index (κ3) is 5.00. The van der Waals surface area contributed by atoms with Gasteiger partial charge in [0, 0.05) is 23.2 Å². The van der Waals surface area contributed by atoms with Gasteiger partial charge in [0.2, 0.25) is 0 Å². The van der Waals surface area contributed by atoms with Gasteiger partial charge in [-0.05, 0) is 45.7 Å². The van der Waals surface area contributed by atoms with Crippen LogP contribution in [0.4, 0.5) is 19.8 Å². The van der Waals surface area contributed by atoms with Crippen molar-refractivity contribution in [2.24, 2.45) is 0 Å². The number of alkyl carbamates (subject to hydrolysis) is 1. The molecule has 0 unspecified atom stereocenters. The molecule has 3 aromatic heterocycles. The highest BCUT2D eigenvalue weighted by Crippen LogP contribution is 2.40. The van der Waals surface area contributed by atoms with E-state index in [1.54, 1.807) is 33.0 Å². The first-order valence-electron chi connectivity index (χ1n) is 12.4. The van der Waals surface area contributed by atoms with Crippen LogP contribution in [-0.4, -0.2) is 55.8 Å². The lowest BCUT2D eigenvalue weighted by Crippen LogP contribution is -2.50. The van der Waals surface area contributed by atoms with Crippen molar-refractivity contribution in [3.8, 4) is 10.6 Å². The Balaban J connectivity index is 1.53. The fourth-order valence-electron chi connectivity index (χ4n) is 4.89. The number of amides is 3. The van der Waals surface area contributed by atoms with Gasteiger partial charge in [0.15, 0.2) is 11.6 Å². The van der Waals surface area contributed by atoms with Crippen LogP contribution >= 0.6 is 11.3 Å². The molecule has 1 aliphatic carbocycles. The number of hydrogen-bond acceptors (Lipinski definition) is 8. The van der Waals surface area contributed by atoms with Crippen LogP contribution in [0.25, 0.3) is 20.8 Å². The fourth-order valence-corrected chi connectivity index (χ4v) is 5.88. The number of carbonyl (C=O) groups is 3. The van der Waals surface area contributed by atoms with Gasteiger partial charge in [-0.1, -0.05) is 18.9 Å². The number of imide groups is 1. The van der Waals surface area contributed by atoms with E-state index in [1.807, 2.05) is 12.1 Å². The van der Waals surface area contributed by atoms with E-state index in [9.17, 15) is 19.5 Å². The van der Waals surface area contributed by atoms with Crippen molar-refractivity contribution in [2.75, 3.05) is 5.32 Å². The first-order chi connectivity index (χ1) is 18.0. The minimum atomic E-state index is -1.46. The van der Waals surface area contributed by atoms with E-state index in [2.05, 4.69) is 20.6 Å². The third-order valence-corrected chi connectivity index (χ3v) is 7.62. The van der Waals surface area contributed by atoms with Crippen LogP contribution in [0.15, 0.2) is 24.4 Å². The molecule has 12 heteroatoms. The van der Waals surface area contributed by atoms with E-state index in [-0.39, 0.29) is 34.7 Å². The van der Waals surface area contributed by atoms with Crippen molar-refractivity contribution in [2.45, 2.75) is 70.7 Å². The summed E-state index contributed by atoms with van der Waals surface area (Å²) in [5, 5.41) is 16.4. The molecule has 0 spiro atoms. The molecule has 4 heterocycles. The summed E-state index contributed by atoms with van der Waals surface area (Å²) in [6, 6.07) is 4.78. The lowest BCUT2D eigenvalue weighted by molar-refractivity contribution is 0.0488. The van der Waals surface area contributed by atoms with E-state index in [0.717, 1.165) is 18.2 Å². The van der Waals surface area contributed by atoms with Crippen LogP contribution < -0.4 is 10.6 Å². The summed E-state index contributed by atoms with van der Waals surface area (Å²) in [5.41, 5.74) is -0.545. The number of rotatable bonds is 4. The van der Waals surface area contributed by atoms with Crippen molar-refractivity contribution >= 4 is 45.5 Å². The van der Waals surface area contributed by atoms with E-state index >= 15 is 4.39 Å². The van der Waals surface area contributed by atoms with E-state index < -0.39 is 36.1 Å². The highest BCUT2D eigenvalue weighted by atomic mass is 32.1. The number of nitrogens with one attached hydrogen (secondary N) is 2. The second kappa shape index (κ2) is 9.82. The molecule has 10 nitrogen and oxygen atoms in total. The quantitative estimate of drug-likeness (QED) is 0.401. The van der Waals surface area contributed by atoms with Crippen molar-refractivity contribution in [3.05, 3.63) is 41.3 Å².